The predicted octanol–water partition coefficient (Wildman–Crippen LogP) is 3.02. The Kier molecular flexibility index (Phi) is 4.68. The van der Waals surface area contributed by atoms with Crippen LogP contribution < -0.4 is 4.72 Å². The van der Waals surface area contributed by atoms with Gasteiger partial charge in [-0.15, -0.1) is 6.58 Å². The summed E-state index contributed by atoms with van der Waals surface area (Å²) in [5.41, 5.74) is 0.210. The molecule has 7 heteroatoms. The maximum Gasteiger partial charge on any atom is 0.233 e. The van der Waals surface area contributed by atoms with Crippen LogP contribution in [-0.2, 0) is 10.0 Å². The van der Waals surface area contributed by atoms with Crippen molar-refractivity contribution in [1.82, 2.24) is 0 Å². The van der Waals surface area contributed by atoms with E-state index in [4.69, 9.17) is 23.2 Å². The van der Waals surface area contributed by atoms with Gasteiger partial charge in [-0.3, -0.25) is 4.72 Å². The van der Waals surface area contributed by atoms with Gasteiger partial charge < -0.3 is 5.11 Å². The first kappa shape index (κ1) is 14.2. The van der Waals surface area contributed by atoms with Gasteiger partial charge in [-0.1, -0.05) is 29.3 Å². The van der Waals surface area contributed by atoms with Gasteiger partial charge in [-0.25, -0.2) is 8.42 Å². The van der Waals surface area contributed by atoms with Crippen LogP contribution in [0.1, 0.15) is 6.42 Å². The predicted molar refractivity (Wildman–Crippen MR) is 70.4 cm³/mol. The number of aromatic hydroxyl groups is 1. The smallest absolute Gasteiger partial charge is 0.233 e. The van der Waals surface area contributed by atoms with Crippen molar-refractivity contribution >= 4 is 38.9 Å². The van der Waals surface area contributed by atoms with E-state index in [2.05, 4.69) is 11.3 Å². The molecule has 0 bridgehead atoms. The second-order valence-electron chi connectivity index (χ2n) is 3.29. The van der Waals surface area contributed by atoms with Gasteiger partial charge in [0.05, 0.1) is 21.5 Å². The minimum absolute atomic E-state index is 0.0149. The third-order valence-electron chi connectivity index (χ3n) is 1.88. The highest BCUT2D eigenvalue weighted by atomic mass is 35.5. The third-order valence-corrected chi connectivity index (χ3v) is 3.78. The van der Waals surface area contributed by atoms with E-state index >= 15 is 0 Å². The highest BCUT2D eigenvalue weighted by Gasteiger charge is 2.12. The van der Waals surface area contributed by atoms with Crippen LogP contribution >= 0.6 is 23.2 Å². The summed E-state index contributed by atoms with van der Waals surface area (Å²) in [6.45, 7) is 3.44. The number of hydrogen-bond donors (Lipinski definition) is 2. The molecule has 0 aliphatic carbocycles. The SMILES string of the molecule is C=CCCS(=O)(=O)Nc1cc(Cl)c(O)c(Cl)c1. The molecule has 2 N–H and O–H groups in total. The van der Waals surface area contributed by atoms with E-state index in [-0.39, 0.29) is 27.2 Å². The van der Waals surface area contributed by atoms with Crippen LogP contribution in [0.2, 0.25) is 10.0 Å². The van der Waals surface area contributed by atoms with Crippen LogP contribution in [0.15, 0.2) is 24.8 Å². The van der Waals surface area contributed by atoms with Crippen molar-refractivity contribution in [1.29, 1.82) is 0 Å². The number of allylic oxidation sites excluding steroid dienone is 1. The Morgan fingerprint density at radius 2 is 1.88 bits per heavy atom. The van der Waals surface area contributed by atoms with Crippen LogP contribution in [0.3, 0.4) is 0 Å². The summed E-state index contributed by atoms with van der Waals surface area (Å²) in [6.07, 6.45) is 1.85. The van der Waals surface area contributed by atoms with Crippen molar-refractivity contribution in [2.75, 3.05) is 10.5 Å². The third kappa shape index (κ3) is 4.11. The quantitative estimate of drug-likeness (QED) is 0.648. The van der Waals surface area contributed by atoms with Crippen molar-refractivity contribution in [3.63, 3.8) is 0 Å². The lowest BCUT2D eigenvalue weighted by Crippen LogP contribution is -2.16. The first-order valence-electron chi connectivity index (χ1n) is 4.65. The largest absolute Gasteiger partial charge is 0.505 e. The second kappa shape index (κ2) is 5.62. The Bertz CT molecular complexity index is 505. The zero-order valence-electron chi connectivity index (χ0n) is 8.78. The molecule has 0 heterocycles. The molecule has 0 aromatic heterocycles. The Morgan fingerprint density at radius 1 is 1.35 bits per heavy atom. The molecule has 0 spiro atoms. The van der Waals surface area contributed by atoms with E-state index in [1.807, 2.05) is 0 Å². The molecule has 94 valence electrons. The summed E-state index contributed by atoms with van der Waals surface area (Å²) in [7, 11) is -3.46. The number of anilines is 1. The fourth-order valence-corrected chi connectivity index (χ4v) is 2.64. The number of phenolic OH excluding ortho intramolecular Hbond substituents is 1. The molecule has 0 fully saturated rings. The number of sulfonamides is 1. The minimum atomic E-state index is -3.46. The lowest BCUT2D eigenvalue weighted by Gasteiger charge is -2.09. The van der Waals surface area contributed by atoms with Crippen LogP contribution in [0, 0.1) is 0 Å². The van der Waals surface area contributed by atoms with Gasteiger partial charge in [0, 0.05) is 0 Å². The highest BCUT2D eigenvalue weighted by Crippen LogP contribution is 2.34. The molecule has 4 nitrogen and oxygen atoms in total. The van der Waals surface area contributed by atoms with Gasteiger partial charge >= 0.3 is 0 Å². The summed E-state index contributed by atoms with van der Waals surface area (Å²) in [5.74, 6) is -0.352. The van der Waals surface area contributed by atoms with E-state index in [1.54, 1.807) is 0 Å². The molecular formula is C10H11Cl2NO3S. The lowest BCUT2D eigenvalue weighted by atomic mass is 10.3. The van der Waals surface area contributed by atoms with Crippen LogP contribution in [0.25, 0.3) is 0 Å². The lowest BCUT2D eigenvalue weighted by molar-refractivity contribution is 0.476. The summed E-state index contributed by atoms with van der Waals surface area (Å²) in [5, 5.41) is 9.29. The van der Waals surface area contributed by atoms with Crippen molar-refractivity contribution in [2.24, 2.45) is 0 Å². The monoisotopic (exact) mass is 295 g/mol. The molecule has 1 aromatic rings. The van der Waals surface area contributed by atoms with Gasteiger partial charge in [0.1, 0.15) is 0 Å². The van der Waals surface area contributed by atoms with Crippen molar-refractivity contribution < 1.29 is 13.5 Å². The summed E-state index contributed by atoms with van der Waals surface area (Å²) >= 11 is 11.3. The van der Waals surface area contributed by atoms with E-state index in [0.717, 1.165) is 0 Å². The van der Waals surface area contributed by atoms with Crippen molar-refractivity contribution in [2.45, 2.75) is 6.42 Å². The number of halogens is 2. The van der Waals surface area contributed by atoms with E-state index in [9.17, 15) is 13.5 Å². The fourth-order valence-electron chi connectivity index (χ4n) is 1.09. The van der Waals surface area contributed by atoms with Crippen molar-refractivity contribution in [3.8, 4) is 5.75 Å². The average molecular weight is 296 g/mol. The molecule has 0 unspecified atom stereocenters. The topological polar surface area (TPSA) is 66.4 Å². The molecule has 1 rings (SSSR count). The molecule has 17 heavy (non-hydrogen) atoms. The minimum Gasteiger partial charge on any atom is -0.505 e. The molecule has 0 saturated heterocycles. The first-order valence-corrected chi connectivity index (χ1v) is 7.06. The fraction of sp³-hybridized carbons (Fsp3) is 0.200. The Hall–Kier alpha value is -0.910. The molecule has 0 aliphatic rings. The number of hydrogen-bond acceptors (Lipinski definition) is 3. The summed E-state index contributed by atoms with van der Waals surface area (Å²) in [6, 6.07) is 2.57. The normalized spacial score (nSPS) is 11.2. The maximum absolute atomic E-state index is 11.6. The highest BCUT2D eigenvalue weighted by molar-refractivity contribution is 7.92. The van der Waals surface area contributed by atoms with Crippen molar-refractivity contribution in [3.05, 3.63) is 34.8 Å². The van der Waals surface area contributed by atoms with Crippen LogP contribution in [-0.4, -0.2) is 19.3 Å². The Balaban J connectivity index is 2.92. The van der Waals surface area contributed by atoms with Gasteiger partial charge in [-0.2, -0.15) is 0 Å². The van der Waals surface area contributed by atoms with Gasteiger partial charge in [0.2, 0.25) is 10.0 Å². The van der Waals surface area contributed by atoms with Gasteiger partial charge in [0.25, 0.3) is 0 Å². The van der Waals surface area contributed by atoms with Gasteiger partial charge in [0.15, 0.2) is 5.75 Å². The van der Waals surface area contributed by atoms with Crippen LogP contribution in [0.4, 0.5) is 5.69 Å². The zero-order valence-corrected chi connectivity index (χ0v) is 11.1. The number of phenols is 1. The molecule has 0 atom stereocenters. The van der Waals surface area contributed by atoms with E-state index in [1.165, 1.54) is 18.2 Å². The average Bonchev–Trinajstić information content (AvgIpc) is 2.22. The van der Waals surface area contributed by atoms with Gasteiger partial charge in [-0.05, 0) is 18.6 Å². The van der Waals surface area contributed by atoms with Crippen LogP contribution in [0.5, 0.6) is 5.75 Å². The first-order chi connectivity index (χ1) is 7.85. The zero-order chi connectivity index (χ0) is 13.1. The molecular weight excluding hydrogens is 285 g/mol. The van der Waals surface area contributed by atoms with E-state index < -0.39 is 10.0 Å². The standard InChI is InChI=1S/C10H11Cl2NO3S/c1-2-3-4-17(15,16)13-7-5-8(11)10(14)9(12)6-7/h2,5-6,13-14H,1,3-4H2. The Labute approximate surface area is 110 Å². The maximum atomic E-state index is 11.6. The molecule has 0 amide bonds. The number of benzene rings is 1. The second-order valence-corrected chi connectivity index (χ2v) is 5.94. The molecule has 0 aliphatic heterocycles. The molecule has 1 aromatic carbocycles. The number of nitrogens with one attached hydrogen (secondary N) is 1. The van der Waals surface area contributed by atoms with E-state index in [0.29, 0.717) is 6.42 Å². The summed E-state index contributed by atoms with van der Waals surface area (Å²) in [4.78, 5) is 0. The Morgan fingerprint density at radius 3 is 2.35 bits per heavy atom. The molecule has 0 radical (unpaired) electrons. The number of rotatable bonds is 5. The molecule has 0 saturated carbocycles. The summed E-state index contributed by atoms with van der Waals surface area (Å²) < 4.78 is 25.4.